The SMILES string of the molecule is CCN(Cc1ccc(N(C)C)cc1)S(=O)(=O)c1ccc(F)cc1Cl. The second kappa shape index (κ2) is 7.51. The first-order valence-corrected chi connectivity index (χ1v) is 9.29. The Kier molecular flexibility index (Phi) is 5.85. The highest BCUT2D eigenvalue weighted by atomic mass is 35.5. The zero-order valence-corrected chi connectivity index (χ0v) is 15.4. The van der Waals surface area contributed by atoms with Crippen LogP contribution in [0, 0.1) is 5.82 Å². The zero-order valence-electron chi connectivity index (χ0n) is 13.8. The first kappa shape index (κ1) is 18.7. The molecule has 0 bridgehead atoms. The largest absolute Gasteiger partial charge is 0.378 e. The predicted octanol–water partition coefficient (Wildman–Crippen LogP) is 3.76. The fourth-order valence-electron chi connectivity index (χ4n) is 2.29. The molecule has 0 atom stereocenters. The predicted molar refractivity (Wildman–Crippen MR) is 95.4 cm³/mol. The van der Waals surface area contributed by atoms with Crippen LogP contribution in [0.1, 0.15) is 12.5 Å². The first-order chi connectivity index (χ1) is 11.3. The fraction of sp³-hybridized carbons (Fsp3) is 0.294. The molecule has 0 amide bonds. The molecule has 0 aromatic heterocycles. The van der Waals surface area contributed by atoms with Gasteiger partial charge in [-0.1, -0.05) is 30.7 Å². The summed E-state index contributed by atoms with van der Waals surface area (Å²) < 4.78 is 40.1. The van der Waals surface area contributed by atoms with Gasteiger partial charge in [0, 0.05) is 32.9 Å². The van der Waals surface area contributed by atoms with Crippen LogP contribution >= 0.6 is 11.6 Å². The van der Waals surface area contributed by atoms with Crippen LogP contribution in [-0.4, -0.2) is 33.4 Å². The fourth-order valence-corrected chi connectivity index (χ4v) is 4.24. The molecule has 130 valence electrons. The van der Waals surface area contributed by atoms with Crippen LogP contribution < -0.4 is 4.90 Å². The lowest BCUT2D eigenvalue weighted by Gasteiger charge is -2.22. The lowest BCUT2D eigenvalue weighted by atomic mass is 10.2. The van der Waals surface area contributed by atoms with Crippen LogP contribution in [0.15, 0.2) is 47.4 Å². The van der Waals surface area contributed by atoms with Crippen molar-refractivity contribution < 1.29 is 12.8 Å². The van der Waals surface area contributed by atoms with Crippen LogP contribution in [0.2, 0.25) is 5.02 Å². The van der Waals surface area contributed by atoms with Crippen molar-refractivity contribution in [3.63, 3.8) is 0 Å². The van der Waals surface area contributed by atoms with E-state index in [1.165, 1.54) is 10.4 Å². The Morgan fingerprint density at radius 1 is 1.08 bits per heavy atom. The van der Waals surface area contributed by atoms with Crippen LogP contribution in [0.4, 0.5) is 10.1 Å². The van der Waals surface area contributed by atoms with Gasteiger partial charge in [0.05, 0.1) is 5.02 Å². The summed E-state index contributed by atoms with van der Waals surface area (Å²) >= 11 is 5.92. The number of benzene rings is 2. The molecule has 0 saturated carbocycles. The highest BCUT2D eigenvalue weighted by Gasteiger charge is 2.26. The molecule has 0 N–H and O–H groups in total. The highest BCUT2D eigenvalue weighted by molar-refractivity contribution is 7.89. The van der Waals surface area contributed by atoms with E-state index in [1.807, 2.05) is 43.3 Å². The van der Waals surface area contributed by atoms with Crippen molar-refractivity contribution in [3.8, 4) is 0 Å². The lowest BCUT2D eigenvalue weighted by molar-refractivity contribution is 0.423. The Balaban J connectivity index is 2.29. The van der Waals surface area contributed by atoms with E-state index in [0.717, 1.165) is 23.4 Å². The Morgan fingerprint density at radius 3 is 2.21 bits per heavy atom. The molecular weight excluding hydrogens is 351 g/mol. The van der Waals surface area contributed by atoms with Crippen molar-refractivity contribution in [2.24, 2.45) is 0 Å². The molecule has 0 aliphatic heterocycles. The van der Waals surface area contributed by atoms with Crippen molar-refractivity contribution in [2.45, 2.75) is 18.4 Å². The maximum absolute atomic E-state index is 13.2. The Hall–Kier alpha value is -1.63. The minimum Gasteiger partial charge on any atom is -0.378 e. The number of halogens is 2. The molecule has 0 saturated heterocycles. The zero-order chi connectivity index (χ0) is 17.9. The second-order valence-electron chi connectivity index (χ2n) is 5.57. The maximum Gasteiger partial charge on any atom is 0.244 e. The highest BCUT2D eigenvalue weighted by Crippen LogP contribution is 2.26. The van der Waals surface area contributed by atoms with Gasteiger partial charge in [-0.2, -0.15) is 4.31 Å². The van der Waals surface area contributed by atoms with Crippen molar-refractivity contribution in [2.75, 3.05) is 25.5 Å². The summed E-state index contributed by atoms with van der Waals surface area (Å²) in [6.45, 7) is 2.26. The third-order valence-corrected chi connectivity index (χ3v) is 6.08. The van der Waals surface area contributed by atoms with Gasteiger partial charge >= 0.3 is 0 Å². The molecular formula is C17H20ClFN2O2S. The number of hydrogen-bond acceptors (Lipinski definition) is 3. The molecule has 0 aliphatic rings. The number of rotatable bonds is 6. The molecule has 2 aromatic rings. The third kappa shape index (κ3) is 4.06. The molecule has 4 nitrogen and oxygen atoms in total. The summed E-state index contributed by atoms with van der Waals surface area (Å²) in [5, 5.41) is -0.114. The van der Waals surface area contributed by atoms with Crippen molar-refractivity contribution in [1.29, 1.82) is 0 Å². The minimum atomic E-state index is -3.80. The summed E-state index contributed by atoms with van der Waals surface area (Å²) in [5.41, 5.74) is 1.90. The van der Waals surface area contributed by atoms with E-state index in [-0.39, 0.29) is 23.0 Å². The Morgan fingerprint density at radius 2 is 1.71 bits per heavy atom. The molecule has 0 radical (unpaired) electrons. The third-order valence-electron chi connectivity index (χ3n) is 3.68. The van der Waals surface area contributed by atoms with Gasteiger partial charge in [-0.15, -0.1) is 0 Å². The van der Waals surface area contributed by atoms with Crippen LogP contribution in [-0.2, 0) is 16.6 Å². The number of nitrogens with zero attached hydrogens (tertiary/aromatic N) is 2. The number of hydrogen-bond donors (Lipinski definition) is 0. The summed E-state index contributed by atoms with van der Waals surface area (Å²) in [6.07, 6.45) is 0. The van der Waals surface area contributed by atoms with Gasteiger partial charge in [0.2, 0.25) is 10.0 Å². The summed E-state index contributed by atoms with van der Waals surface area (Å²) in [5.74, 6) is -0.568. The normalized spacial score (nSPS) is 11.8. The minimum absolute atomic E-state index is 0.0858. The second-order valence-corrected chi connectivity index (χ2v) is 7.88. The number of sulfonamides is 1. The van der Waals surface area contributed by atoms with Gasteiger partial charge in [0.25, 0.3) is 0 Å². The number of anilines is 1. The van der Waals surface area contributed by atoms with Gasteiger partial charge in [0.1, 0.15) is 10.7 Å². The van der Waals surface area contributed by atoms with Crippen LogP contribution in [0.3, 0.4) is 0 Å². The van der Waals surface area contributed by atoms with E-state index in [1.54, 1.807) is 6.92 Å². The summed E-state index contributed by atoms with van der Waals surface area (Å²) in [7, 11) is 0.0788. The lowest BCUT2D eigenvalue weighted by Crippen LogP contribution is -2.30. The molecule has 2 aromatic carbocycles. The summed E-state index contributed by atoms with van der Waals surface area (Å²) in [4.78, 5) is 1.88. The van der Waals surface area contributed by atoms with Gasteiger partial charge in [-0.05, 0) is 35.9 Å². The quantitative estimate of drug-likeness (QED) is 0.777. The van der Waals surface area contributed by atoms with Crippen molar-refractivity contribution >= 4 is 27.3 Å². The van der Waals surface area contributed by atoms with Crippen molar-refractivity contribution in [3.05, 3.63) is 58.9 Å². The topological polar surface area (TPSA) is 40.6 Å². The van der Waals surface area contributed by atoms with E-state index in [9.17, 15) is 12.8 Å². The smallest absolute Gasteiger partial charge is 0.244 e. The van der Waals surface area contributed by atoms with Crippen LogP contribution in [0.25, 0.3) is 0 Å². The Labute approximate surface area is 147 Å². The molecule has 24 heavy (non-hydrogen) atoms. The van der Waals surface area contributed by atoms with Gasteiger partial charge in [0.15, 0.2) is 0 Å². The molecule has 0 spiro atoms. The van der Waals surface area contributed by atoms with E-state index >= 15 is 0 Å². The van der Waals surface area contributed by atoms with E-state index in [2.05, 4.69) is 0 Å². The monoisotopic (exact) mass is 370 g/mol. The average Bonchev–Trinajstić information content (AvgIpc) is 2.52. The molecule has 0 unspecified atom stereocenters. The maximum atomic E-state index is 13.2. The first-order valence-electron chi connectivity index (χ1n) is 7.47. The molecule has 2 rings (SSSR count). The summed E-state index contributed by atoms with van der Waals surface area (Å²) in [6, 6.07) is 10.9. The standard InChI is InChI=1S/C17H20ClFN2O2S/c1-4-21(12-13-5-8-15(9-6-13)20(2)3)24(22,23)17-10-7-14(19)11-16(17)18/h5-11H,4,12H2,1-3H3. The van der Waals surface area contributed by atoms with Gasteiger partial charge in [-0.3, -0.25) is 0 Å². The van der Waals surface area contributed by atoms with Crippen LogP contribution in [0.5, 0.6) is 0 Å². The van der Waals surface area contributed by atoms with E-state index in [0.29, 0.717) is 0 Å². The molecule has 0 fully saturated rings. The van der Waals surface area contributed by atoms with Crippen molar-refractivity contribution in [1.82, 2.24) is 4.31 Å². The Bertz CT molecular complexity index is 808. The molecule has 0 heterocycles. The molecule has 0 aliphatic carbocycles. The van der Waals surface area contributed by atoms with Gasteiger partial charge < -0.3 is 4.90 Å². The average molecular weight is 371 g/mol. The van der Waals surface area contributed by atoms with E-state index < -0.39 is 15.8 Å². The molecule has 7 heteroatoms. The van der Waals surface area contributed by atoms with Gasteiger partial charge in [-0.25, -0.2) is 12.8 Å². The van der Waals surface area contributed by atoms with E-state index in [4.69, 9.17) is 11.6 Å².